The van der Waals surface area contributed by atoms with Crippen LogP contribution in [0.3, 0.4) is 0 Å². The van der Waals surface area contributed by atoms with E-state index in [2.05, 4.69) is 48.7 Å². The number of aromatic nitrogens is 2. The van der Waals surface area contributed by atoms with Crippen LogP contribution in [0.1, 0.15) is 16.8 Å². The summed E-state index contributed by atoms with van der Waals surface area (Å²) >= 11 is 3.44. The smallest absolute Gasteiger partial charge is 0.134 e. The van der Waals surface area contributed by atoms with Crippen molar-refractivity contribution < 1.29 is 0 Å². The first-order valence-electron chi connectivity index (χ1n) is 6.35. The molecule has 0 spiro atoms. The fourth-order valence-electron chi connectivity index (χ4n) is 2.21. The molecular formula is C14H15BrN4. The van der Waals surface area contributed by atoms with Gasteiger partial charge in [0.25, 0.3) is 0 Å². The SMILES string of the molecule is Brc1ccc(CNc2ncnc3c2CNCC3)cc1. The van der Waals surface area contributed by atoms with Crippen LogP contribution in [0.15, 0.2) is 35.1 Å². The minimum Gasteiger partial charge on any atom is -0.366 e. The van der Waals surface area contributed by atoms with Crippen molar-refractivity contribution in [2.45, 2.75) is 19.5 Å². The summed E-state index contributed by atoms with van der Waals surface area (Å²) in [5.41, 5.74) is 3.59. The van der Waals surface area contributed by atoms with E-state index in [1.54, 1.807) is 6.33 Å². The van der Waals surface area contributed by atoms with Crippen molar-refractivity contribution in [3.8, 4) is 0 Å². The Balaban J connectivity index is 1.75. The van der Waals surface area contributed by atoms with Crippen LogP contribution in [-0.2, 0) is 19.5 Å². The van der Waals surface area contributed by atoms with Crippen molar-refractivity contribution in [2.24, 2.45) is 0 Å². The Morgan fingerprint density at radius 1 is 1.21 bits per heavy atom. The average Bonchev–Trinajstić information content (AvgIpc) is 2.47. The van der Waals surface area contributed by atoms with E-state index < -0.39 is 0 Å². The molecule has 2 heterocycles. The number of fused-ring (bicyclic) bond motifs is 1. The van der Waals surface area contributed by atoms with Gasteiger partial charge in [0.1, 0.15) is 12.1 Å². The second kappa shape index (κ2) is 5.67. The molecule has 1 aliphatic rings. The molecule has 0 bridgehead atoms. The van der Waals surface area contributed by atoms with E-state index >= 15 is 0 Å². The number of anilines is 1. The summed E-state index contributed by atoms with van der Waals surface area (Å²) in [6.07, 6.45) is 2.62. The summed E-state index contributed by atoms with van der Waals surface area (Å²) in [4.78, 5) is 8.70. The van der Waals surface area contributed by atoms with Gasteiger partial charge in [0, 0.05) is 36.1 Å². The van der Waals surface area contributed by atoms with Crippen LogP contribution in [0.4, 0.5) is 5.82 Å². The highest BCUT2D eigenvalue weighted by atomic mass is 79.9. The summed E-state index contributed by atoms with van der Waals surface area (Å²) < 4.78 is 1.10. The van der Waals surface area contributed by atoms with Gasteiger partial charge < -0.3 is 10.6 Å². The summed E-state index contributed by atoms with van der Waals surface area (Å²) in [5, 5.41) is 6.76. The zero-order valence-corrected chi connectivity index (χ0v) is 12.1. The molecule has 5 heteroatoms. The number of halogens is 1. The quantitative estimate of drug-likeness (QED) is 0.913. The Bertz CT molecular complexity index is 568. The van der Waals surface area contributed by atoms with Gasteiger partial charge in [-0.25, -0.2) is 9.97 Å². The van der Waals surface area contributed by atoms with Crippen LogP contribution in [-0.4, -0.2) is 16.5 Å². The van der Waals surface area contributed by atoms with E-state index in [1.165, 1.54) is 11.1 Å². The minimum absolute atomic E-state index is 0.775. The van der Waals surface area contributed by atoms with E-state index in [9.17, 15) is 0 Å². The molecule has 0 radical (unpaired) electrons. The van der Waals surface area contributed by atoms with Gasteiger partial charge in [-0.15, -0.1) is 0 Å². The molecule has 98 valence electrons. The van der Waals surface area contributed by atoms with Crippen molar-refractivity contribution >= 4 is 21.7 Å². The van der Waals surface area contributed by atoms with Crippen molar-refractivity contribution in [3.05, 3.63) is 51.9 Å². The monoisotopic (exact) mass is 318 g/mol. The number of nitrogens with one attached hydrogen (secondary N) is 2. The van der Waals surface area contributed by atoms with Crippen molar-refractivity contribution in [2.75, 3.05) is 11.9 Å². The van der Waals surface area contributed by atoms with Gasteiger partial charge in [-0.3, -0.25) is 0 Å². The third kappa shape index (κ3) is 2.93. The largest absolute Gasteiger partial charge is 0.366 e. The highest BCUT2D eigenvalue weighted by molar-refractivity contribution is 9.10. The molecule has 19 heavy (non-hydrogen) atoms. The van der Waals surface area contributed by atoms with Crippen molar-refractivity contribution in [1.82, 2.24) is 15.3 Å². The molecule has 1 aromatic carbocycles. The highest BCUT2D eigenvalue weighted by Crippen LogP contribution is 2.19. The maximum atomic E-state index is 4.35. The lowest BCUT2D eigenvalue weighted by Gasteiger charge is -2.19. The second-order valence-electron chi connectivity index (χ2n) is 4.55. The van der Waals surface area contributed by atoms with Crippen LogP contribution in [0.2, 0.25) is 0 Å². The molecule has 3 rings (SSSR count). The molecule has 1 aromatic heterocycles. The van der Waals surface area contributed by atoms with Crippen molar-refractivity contribution in [1.29, 1.82) is 0 Å². The minimum atomic E-state index is 0.775. The molecule has 0 saturated heterocycles. The van der Waals surface area contributed by atoms with Gasteiger partial charge in [0.05, 0.1) is 5.69 Å². The number of hydrogen-bond acceptors (Lipinski definition) is 4. The first-order valence-corrected chi connectivity index (χ1v) is 7.14. The number of rotatable bonds is 3. The maximum Gasteiger partial charge on any atom is 0.134 e. The van der Waals surface area contributed by atoms with Gasteiger partial charge in [-0.2, -0.15) is 0 Å². The molecule has 0 saturated carbocycles. The Kier molecular flexibility index (Phi) is 3.75. The summed E-state index contributed by atoms with van der Waals surface area (Å²) in [6, 6.07) is 8.30. The molecule has 2 aromatic rings. The maximum absolute atomic E-state index is 4.35. The first kappa shape index (κ1) is 12.6. The zero-order chi connectivity index (χ0) is 13.1. The van der Waals surface area contributed by atoms with Crippen LogP contribution < -0.4 is 10.6 Å². The Morgan fingerprint density at radius 2 is 2.05 bits per heavy atom. The van der Waals surface area contributed by atoms with E-state index in [-0.39, 0.29) is 0 Å². The van der Waals surface area contributed by atoms with E-state index in [1.807, 2.05) is 12.1 Å². The van der Waals surface area contributed by atoms with Crippen molar-refractivity contribution in [3.63, 3.8) is 0 Å². The van der Waals surface area contributed by atoms with Crippen LogP contribution in [0.5, 0.6) is 0 Å². The number of hydrogen-bond donors (Lipinski definition) is 2. The van der Waals surface area contributed by atoms with Gasteiger partial charge in [-0.05, 0) is 17.7 Å². The third-order valence-corrected chi connectivity index (χ3v) is 3.78. The Morgan fingerprint density at radius 3 is 2.89 bits per heavy atom. The standard InChI is InChI=1S/C14H15BrN4/c15-11-3-1-10(2-4-11)7-17-14-12-8-16-6-5-13(12)18-9-19-14/h1-4,9,16H,5-8H2,(H,17,18,19). The molecule has 0 unspecified atom stereocenters. The summed E-state index contributed by atoms with van der Waals surface area (Å²) in [7, 11) is 0. The van der Waals surface area contributed by atoms with Gasteiger partial charge in [0.15, 0.2) is 0 Å². The normalized spacial score (nSPS) is 13.9. The molecule has 0 amide bonds. The molecule has 1 aliphatic heterocycles. The average molecular weight is 319 g/mol. The van der Waals surface area contributed by atoms with Gasteiger partial charge in [0.2, 0.25) is 0 Å². The predicted molar refractivity (Wildman–Crippen MR) is 78.9 cm³/mol. The summed E-state index contributed by atoms with van der Waals surface area (Å²) in [6.45, 7) is 2.62. The van der Waals surface area contributed by atoms with Gasteiger partial charge >= 0.3 is 0 Å². The molecule has 0 atom stereocenters. The second-order valence-corrected chi connectivity index (χ2v) is 5.47. The van der Waals surface area contributed by atoms with E-state index in [0.717, 1.165) is 42.0 Å². The highest BCUT2D eigenvalue weighted by Gasteiger charge is 2.14. The van der Waals surface area contributed by atoms with E-state index in [0.29, 0.717) is 0 Å². The van der Waals surface area contributed by atoms with Crippen LogP contribution in [0, 0.1) is 0 Å². The number of benzene rings is 1. The molecule has 0 aliphatic carbocycles. The lowest BCUT2D eigenvalue weighted by molar-refractivity contribution is 0.627. The lowest BCUT2D eigenvalue weighted by atomic mass is 10.1. The van der Waals surface area contributed by atoms with Gasteiger partial charge in [-0.1, -0.05) is 28.1 Å². The zero-order valence-electron chi connectivity index (χ0n) is 10.5. The molecule has 4 nitrogen and oxygen atoms in total. The number of nitrogens with zero attached hydrogens (tertiary/aromatic N) is 2. The molecular weight excluding hydrogens is 304 g/mol. The van der Waals surface area contributed by atoms with Crippen LogP contribution in [0.25, 0.3) is 0 Å². The first-order chi connectivity index (χ1) is 9.33. The topological polar surface area (TPSA) is 49.8 Å². The fourth-order valence-corrected chi connectivity index (χ4v) is 2.47. The predicted octanol–water partition coefficient (Wildman–Crippen LogP) is 2.50. The lowest BCUT2D eigenvalue weighted by Crippen LogP contribution is -2.26. The molecule has 2 N–H and O–H groups in total. The summed E-state index contributed by atoms with van der Waals surface area (Å²) in [5.74, 6) is 0.945. The Hall–Kier alpha value is -1.46. The fraction of sp³-hybridized carbons (Fsp3) is 0.286. The van der Waals surface area contributed by atoms with Crippen LogP contribution >= 0.6 is 15.9 Å². The Labute approximate surface area is 120 Å². The third-order valence-electron chi connectivity index (χ3n) is 3.25. The van der Waals surface area contributed by atoms with E-state index in [4.69, 9.17) is 0 Å². The molecule has 0 fully saturated rings.